The van der Waals surface area contributed by atoms with Crippen LogP contribution in [0, 0.1) is 13.8 Å². The van der Waals surface area contributed by atoms with Gasteiger partial charge in [-0.1, -0.05) is 28.1 Å². The Morgan fingerprint density at radius 1 is 1.20 bits per heavy atom. The molecule has 0 spiro atoms. The topological polar surface area (TPSA) is 51.2 Å². The third kappa shape index (κ3) is 3.66. The average molecular weight is 399 g/mol. The zero-order chi connectivity index (χ0) is 18.0. The summed E-state index contributed by atoms with van der Waals surface area (Å²) in [5, 5.41) is 4.29. The van der Waals surface area contributed by atoms with Crippen LogP contribution in [0.2, 0.25) is 0 Å². The van der Waals surface area contributed by atoms with E-state index in [2.05, 4.69) is 44.4 Å². The highest BCUT2D eigenvalue weighted by Gasteiger charge is 2.17. The maximum absolute atomic E-state index is 12.4. The summed E-state index contributed by atoms with van der Waals surface area (Å²) in [6.07, 6.45) is 1.57. The van der Waals surface area contributed by atoms with Gasteiger partial charge >= 0.3 is 5.97 Å². The normalized spacial score (nSPS) is 10.7. The van der Waals surface area contributed by atoms with E-state index in [0.717, 1.165) is 32.2 Å². The van der Waals surface area contributed by atoms with Crippen LogP contribution >= 0.6 is 15.9 Å². The lowest BCUT2D eigenvalue weighted by molar-refractivity contribution is 0.0527. The maximum Gasteiger partial charge on any atom is 0.341 e. The molecule has 128 valence electrons. The lowest BCUT2D eigenvalue weighted by Gasteiger charge is -2.16. The quantitative estimate of drug-likeness (QED) is 0.586. The number of pyridine rings is 1. The molecule has 0 amide bonds. The van der Waals surface area contributed by atoms with Gasteiger partial charge in [0.25, 0.3) is 0 Å². The molecule has 1 N–H and O–H groups in total. The van der Waals surface area contributed by atoms with E-state index in [0.29, 0.717) is 17.9 Å². The lowest BCUT2D eigenvalue weighted by Crippen LogP contribution is -2.09. The van der Waals surface area contributed by atoms with Crippen molar-refractivity contribution in [1.82, 2.24) is 4.98 Å². The Balaban J connectivity index is 2.21. The Morgan fingerprint density at radius 2 is 2.00 bits per heavy atom. The Kier molecular flexibility index (Phi) is 5.04. The molecule has 3 rings (SSSR count). The molecule has 4 nitrogen and oxygen atoms in total. The van der Waals surface area contributed by atoms with Gasteiger partial charge in [0, 0.05) is 21.7 Å². The van der Waals surface area contributed by atoms with Crippen LogP contribution in [0.5, 0.6) is 0 Å². The largest absolute Gasteiger partial charge is 0.462 e. The highest BCUT2D eigenvalue weighted by molar-refractivity contribution is 9.10. The van der Waals surface area contributed by atoms with Crippen LogP contribution in [0.4, 0.5) is 11.4 Å². The highest BCUT2D eigenvalue weighted by Crippen LogP contribution is 2.32. The summed E-state index contributed by atoms with van der Waals surface area (Å²) in [5.74, 6) is -0.385. The zero-order valence-corrected chi connectivity index (χ0v) is 16.0. The number of nitrogens with one attached hydrogen (secondary N) is 1. The number of aromatic nitrogens is 1. The van der Waals surface area contributed by atoms with Crippen molar-refractivity contribution in [3.63, 3.8) is 0 Å². The number of rotatable bonds is 4. The molecular formula is C20H19BrN2O2. The van der Waals surface area contributed by atoms with Crippen molar-refractivity contribution in [2.75, 3.05) is 11.9 Å². The first-order valence-corrected chi connectivity index (χ1v) is 8.88. The number of benzene rings is 2. The number of ether oxygens (including phenoxy) is 1. The molecule has 0 aliphatic rings. The van der Waals surface area contributed by atoms with Gasteiger partial charge in [-0.3, -0.25) is 4.98 Å². The number of aryl methyl sites for hydroxylation is 2. The molecule has 25 heavy (non-hydrogen) atoms. The Morgan fingerprint density at radius 3 is 2.76 bits per heavy atom. The fraction of sp³-hybridized carbons (Fsp3) is 0.200. The second kappa shape index (κ2) is 7.23. The van der Waals surface area contributed by atoms with Crippen molar-refractivity contribution >= 4 is 44.2 Å². The molecule has 0 aliphatic carbocycles. The summed E-state index contributed by atoms with van der Waals surface area (Å²) in [7, 11) is 0. The van der Waals surface area contributed by atoms with E-state index in [9.17, 15) is 4.79 Å². The van der Waals surface area contributed by atoms with Crippen LogP contribution in [-0.2, 0) is 4.74 Å². The third-order valence-electron chi connectivity index (χ3n) is 3.98. The minimum absolute atomic E-state index is 0.318. The third-order valence-corrected chi connectivity index (χ3v) is 4.47. The van der Waals surface area contributed by atoms with Crippen LogP contribution in [-0.4, -0.2) is 17.6 Å². The summed E-state index contributed by atoms with van der Waals surface area (Å²) < 4.78 is 6.13. The fourth-order valence-corrected chi connectivity index (χ4v) is 3.03. The molecule has 5 heteroatoms. The summed E-state index contributed by atoms with van der Waals surface area (Å²) in [6.45, 7) is 6.18. The van der Waals surface area contributed by atoms with Gasteiger partial charge in [0.1, 0.15) is 5.56 Å². The van der Waals surface area contributed by atoms with Gasteiger partial charge < -0.3 is 10.1 Å². The molecule has 0 bridgehead atoms. The second-order valence-electron chi connectivity index (χ2n) is 5.87. The van der Waals surface area contributed by atoms with Gasteiger partial charge in [-0.25, -0.2) is 4.79 Å². The fourth-order valence-electron chi connectivity index (χ4n) is 2.67. The molecule has 3 aromatic rings. The Labute approximate surface area is 155 Å². The number of nitrogens with zero attached hydrogens (tertiary/aromatic N) is 1. The first kappa shape index (κ1) is 17.4. The molecule has 0 radical (unpaired) electrons. The van der Waals surface area contributed by atoms with Gasteiger partial charge in [-0.15, -0.1) is 0 Å². The molecule has 0 saturated heterocycles. The summed E-state index contributed by atoms with van der Waals surface area (Å²) >= 11 is 3.50. The van der Waals surface area contributed by atoms with Crippen molar-refractivity contribution in [3.8, 4) is 0 Å². The monoisotopic (exact) mass is 398 g/mol. The molecule has 1 heterocycles. The number of carbonyl (C=O) groups excluding carboxylic acids is 1. The summed E-state index contributed by atoms with van der Waals surface area (Å²) in [6, 6.07) is 12.0. The van der Waals surface area contributed by atoms with Gasteiger partial charge in [0.15, 0.2) is 0 Å². The van der Waals surface area contributed by atoms with E-state index < -0.39 is 0 Å². The molecule has 0 aliphatic heterocycles. The van der Waals surface area contributed by atoms with Crippen LogP contribution < -0.4 is 5.32 Å². The van der Waals surface area contributed by atoms with E-state index in [1.807, 2.05) is 32.0 Å². The van der Waals surface area contributed by atoms with Crippen molar-refractivity contribution in [2.45, 2.75) is 20.8 Å². The van der Waals surface area contributed by atoms with Crippen LogP contribution in [0.1, 0.15) is 28.4 Å². The van der Waals surface area contributed by atoms with Gasteiger partial charge in [-0.05, 0) is 56.2 Å². The summed E-state index contributed by atoms with van der Waals surface area (Å²) in [5.41, 5.74) is 5.14. The smallest absolute Gasteiger partial charge is 0.341 e. The number of anilines is 2. The Bertz CT molecular complexity index is 954. The van der Waals surface area contributed by atoms with E-state index in [-0.39, 0.29) is 5.97 Å². The average Bonchev–Trinajstić information content (AvgIpc) is 2.58. The van der Waals surface area contributed by atoms with Crippen molar-refractivity contribution < 1.29 is 9.53 Å². The van der Waals surface area contributed by atoms with E-state index in [1.54, 1.807) is 13.1 Å². The van der Waals surface area contributed by atoms with Crippen molar-refractivity contribution in [1.29, 1.82) is 0 Å². The number of hydrogen-bond acceptors (Lipinski definition) is 4. The molecule has 2 aromatic carbocycles. The number of hydrogen-bond donors (Lipinski definition) is 1. The zero-order valence-electron chi connectivity index (χ0n) is 14.4. The number of fused-ring (bicyclic) bond motifs is 1. The first-order valence-electron chi connectivity index (χ1n) is 8.09. The number of carbonyl (C=O) groups is 1. The second-order valence-corrected chi connectivity index (χ2v) is 6.79. The van der Waals surface area contributed by atoms with Gasteiger partial charge in [-0.2, -0.15) is 0 Å². The van der Waals surface area contributed by atoms with Gasteiger partial charge in [0.05, 0.1) is 17.8 Å². The molecule has 0 atom stereocenters. The predicted molar refractivity (Wildman–Crippen MR) is 105 cm³/mol. The minimum Gasteiger partial charge on any atom is -0.462 e. The van der Waals surface area contributed by atoms with E-state index in [4.69, 9.17) is 4.74 Å². The summed E-state index contributed by atoms with van der Waals surface area (Å²) in [4.78, 5) is 16.8. The minimum atomic E-state index is -0.385. The molecule has 0 saturated carbocycles. The molecular weight excluding hydrogens is 380 g/mol. The van der Waals surface area contributed by atoms with Crippen LogP contribution in [0.15, 0.2) is 47.1 Å². The maximum atomic E-state index is 12.4. The SMILES string of the molecule is CCOC(=O)c1cnc2ccc(Br)cc2c1Nc1cc(C)ccc1C. The molecule has 0 unspecified atom stereocenters. The first-order chi connectivity index (χ1) is 12.0. The lowest BCUT2D eigenvalue weighted by atomic mass is 10.1. The van der Waals surface area contributed by atoms with Crippen molar-refractivity contribution in [3.05, 3.63) is 63.8 Å². The molecule has 0 fully saturated rings. The standard InChI is InChI=1S/C20H19BrN2O2/c1-4-25-20(24)16-11-22-17-8-7-14(21)10-15(17)19(16)23-18-9-12(2)5-6-13(18)3/h5-11H,4H2,1-3H3,(H,22,23). The van der Waals surface area contributed by atoms with Gasteiger partial charge in [0.2, 0.25) is 0 Å². The van der Waals surface area contributed by atoms with Crippen LogP contribution in [0.3, 0.4) is 0 Å². The van der Waals surface area contributed by atoms with E-state index >= 15 is 0 Å². The Hall–Kier alpha value is -2.40. The number of esters is 1. The number of halogens is 1. The predicted octanol–water partition coefficient (Wildman–Crippen LogP) is 5.53. The van der Waals surface area contributed by atoms with Crippen LogP contribution in [0.25, 0.3) is 10.9 Å². The van der Waals surface area contributed by atoms with Crippen molar-refractivity contribution in [2.24, 2.45) is 0 Å². The van der Waals surface area contributed by atoms with E-state index in [1.165, 1.54) is 0 Å². The highest BCUT2D eigenvalue weighted by atomic mass is 79.9. The molecule has 1 aromatic heterocycles.